The van der Waals surface area contributed by atoms with Gasteiger partial charge >= 0.3 is 0 Å². The first-order valence-electron chi connectivity index (χ1n) is 9.28. The maximum Gasteiger partial charge on any atom is 0.274 e. The molecule has 0 aliphatic carbocycles. The predicted molar refractivity (Wildman–Crippen MR) is 128 cm³/mol. The average Bonchev–Trinajstić information content (AvgIpc) is 3.25. The Morgan fingerprint density at radius 1 is 0.968 bits per heavy atom. The summed E-state index contributed by atoms with van der Waals surface area (Å²) in [7, 11) is 0. The number of nitrogens with zero attached hydrogens (tertiary/aromatic N) is 2. The van der Waals surface area contributed by atoms with Crippen LogP contribution in [0.5, 0.6) is 5.75 Å². The zero-order valence-corrected chi connectivity index (χ0v) is 18.9. The fraction of sp³-hybridized carbons (Fsp3) is 0.0435. The van der Waals surface area contributed by atoms with Crippen LogP contribution in [-0.4, -0.2) is 9.38 Å². The third kappa shape index (κ3) is 3.79. The number of halogens is 3. The van der Waals surface area contributed by atoms with E-state index >= 15 is 0 Å². The van der Waals surface area contributed by atoms with Crippen molar-refractivity contribution < 1.29 is 4.74 Å². The fourth-order valence-electron chi connectivity index (χ4n) is 3.33. The number of fused-ring (bicyclic) bond motifs is 3. The van der Waals surface area contributed by atoms with Gasteiger partial charge in [0.2, 0.25) is 0 Å². The molecule has 0 unspecified atom stereocenters. The summed E-state index contributed by atoms with van der Waals surface area (Å²) >= 11 is 20.4. The molecule has 0 aliphatic heterocycles. The minimum absolute atomic E-state index is 0.125. The summed E-state index contributed by atoms with van der Waals surface area (Å²) in [6.45, 7) is 0.238. The lowest BCUT2D eigenvalue weighted by Gasteiger charge is -2.11. The molecule has 5 aromatic rings. The van der Waals surface area contributed by atoms with Gasteiger partial charge in [-0.3, -0.25) is 4.79 Å². The van der Waals surface area contributed by atoms with Crippen LogP contribution >= 0.6 is 46.1 Å². The quantitative estimate of drug-likeness (QED) is 0.312. The number of para-hydroxylation sites is 2. The van der Waals surface area contributed by atoms with E-state index in [0.29, 0.717) is 35.9 Å². The monoisotopic (exact) mass is 486 g/mol. The van der Waals surface area contributed by atoms with Crippen LogP contribution in [0, 0.1) is 0 Å². The van der Waals surface area contributed by atoms with E-state index in [1.54, 1.807) is 28.7 Å². The van der Waals surface area contributed by atoms with Crippen LogP contribution in [0.1, 0.15) is 11.1 Å². The van der Waals surface area contributed by atoms with Crippen molar-refractivity contribution in [3.8, 4) is 5.75 Å². The molecule has 31 heavy (non-hydrogen) atoms. The van der Waals surface area contributed by atoms with E-state index in [4.69, 9.17) is 39.5 Å². The number of aromatic nitrogens is 2. The number of rotatable bonds is 4. The van der Waals surface area contributed by atoms with Crippen LogP contribution in [0.4, 0.5) is 0 Å². The zero-order valence-electron chi connectivity index (χ0n) is 15.8. The SMILES string of the molecule is O=c1/c(=C/c2cc(Cl)c(OCc3ccccc3Cl)c(Cl)c2)sc2nc3ccccc3n12. The molecule has 0 spiro atoms. The van der Waals surface area contributed by atoms with Gasteiger partial charge in [0, 0.05) is 10.6 Å². The highest BCUT2D eigenvalue weighted by molar-refractivity contribution is 7.15. The molecule has 4 nitrogen and oxygen atoms in total. The minimum Gasteiger partial charge on any atom is -0.486 e. The van der Waals surface area contributed by atoms with Crippen LogP contribution in [-0.2, 0) is 6.61 Å². The summed E-state index contributed by atoms with van der Waals surface area (Å²) in [4.78, 5) is 18.1. The maximum atomic E-state index is 12.9. The molecule has 2 aromatic heterocycles. The Bertz CT molecular complexity index is 1540. The van der Waals surface area contributed by atoms with Gasteiger partial charge in [0.25, 0.3) is 5.56 Å². The first kappa shape index (κ1) is 20.3. The molecule has 0 bridgehead atoms. The molecule has 154 valence electrons. The molecule has 2 heterocycles. The number of imidazole rings is 1. The molecular weight excluding hydrogens is 475 g/mol. The zero-order chi connectivity index (χ0) is 21.5. The van der Waals surface area contributed by atoms with E-state index in [9.17, 15) is 4.79 Å². The number of hydrogen-bond acceptors (Lipinski definition) is 4. The standard InChI is InChI=1S/C23H13Cl3N2O2S/c24-15-6-2-1-5-14(15)12-30-21-16(25)9-13(10-17(21)26)11-20-22(29)28-19-8-4-3-7-18(19)27-23(28)31-20/h1-11H,12H2/b20-11-. The molecule has 0 amide bonds. The van der Waals surface area contributed by atoms with Crippen molar-refractivity contribution in [2.24, 2.45) is 0 Å². The van der Waals surface area contributed by atoms with Gasteiger partial charge in [0.1, 0.15) is 6.61 Å². The molecule has 8 heteroatoms. The second kappa shape index (κ2) is 8.17. The van der Waals surface area contributed by atoms with Gasteiger partial charge in [0.05, 0.1) is 25.6 Å². The molecule has 0 radical (unpaired) electrons. The molecule has 0 aliphatic rings. The Hall–Kier alpha value is -2.57. The van der Waals surface area contributed by atoms with Crippen molar-refractivity contribution in [1.29, 1.82) is 0 Å². The normalized spacial score (nSPS) is 12.2. The van der Waals surface area contributed by atoms with Gasteiger partial charge in [-0.2, -0.15) is 0 Å². The third-order valence-corrected chi connectivity index (χ3v) is 6.69. The smallest absolute Gasteiger partial charge is 0.274 e. The fourth-order valence-corrected chi connectivity index (χ4v) is 5.12. The molecule has 0 saturated heterocycles. The molecule has 0 saturated carbocycles. The summed E-state index contributed by atoms with van der Waals surface area (Å²) < 4.78 is 7.98. The summed E-state index contributed by atoms with van der Waals surface area (Å²) in [5, 5.41) is 1.31. The Morgan fingerprint density at radius 3 is 2.45 bits per heavy atom. The van der Waals surface area contributed by atoms with Crippen LogP contribution in [0.3, 0.4) is 0 Å². The number of benzene rings is 3. The van der Waals surface area contributed by atoms with E-state index in [-0.39, 0.29) is 12.2 Å². The molecule has 0 N–H and O–H groups in total. The van der Waals surface area contributed by atoms with E-state index < -0.39 is 0 Å². The van der Waals surface area contributed by atoms with Crippen molar-refractivity contribution in [1.82, 2.24) is 9.38 Å². The van der Waals surface area contributed by atoms with Gasteiger partial charge in [-0.1, -0.05) is 76.5 Å². The summed E-state index contributed by atoms with van der Waals surface area (Å²) in [6, 6.07) is 18.4. The summed E-state index contributed by atoms with van der Waals surface area (Å²) in [5.74, 6) is 0.370. The van der Waals surface area contributed by atoms with Crippen LogP contribution in [0.25, 0.3) is 22.1 Å². The highest BCUT2D eigenvalue weighted by Gasteiger charge is 2.13. The van der Waals surface area contributed by atoms with Crippen LogP contribution in [0.15, 0.2) is 65.5 Å². The van der Waals surface area contributed by atoms with Crippen LogP contribution in [0.2, 0.25) is 15.1 Å². The Balaban J connectivity index is 1.50. The summed E-state index contributed by atoms with van der Waals surface area (Å²) in [5.41, 5.74) is 2.99. The first-order valence-corrected chi connectivity index (χ1v) is 11.2. The van der Waals surface area contributed by atoms with Crippen molar-refractivity contribution in [2.45, 2.75) is 6.61 Å². The average molecular weight is 488 g/mol. The lowest BCUT2D eigenvalue weighted by atomic mass is 10.2. The molecular formula is C23H13Cl3N2O2S. The molecule has 5 rings (SSSR count). The van der Waals surface area contributed by atoms with Crippen molar-refractivity contribution in [3.05, 3.63) is 102 Å². The summed E-state index contributed by atoms with van der Waals surface area (Å²) in [6.07, 6.45) is 1.76. The number of ether oxygens (including phenoxy) is 1. The Morgan fingerprint density at radius 2 is 1.68 bits per heavy atom. The second-order valence-corrected chi connectivity index (χ2v) is 9.06. The van der Waals surface area contributed by atoms with Gasteiger partial charge < -0.3 is 4.74 Å². The molecule has 3 aromatic carbocycles. The van der Waals surface area contributed by atoms with Gasteiger partial charge in [-0.25, -0.2) is 9.38 Å². The predicted octanol–water partition coefficient (Wildman–Crippen LogP) is 6.00. The number of hydrogen-bond donors (Lipinski definition) is 0. The second-order valence-electron chi connectivity index (χ2n) is 6.83. The van der Waals surface area contributed by atoms with Gasteiger partial charge in [0.15, 0.2) is 10.7 Å². The molecule has 0 atom stereocenters. The van der Waals surface area contributed by atoms with Crippen molar-refractivity contribution in [2.75, 3.05) is 0 Å². The van der Waals surface area contributed by atoms with E-state index in [1.807, 2.05) is 42.5 Å². The van der Waals surface area contributed by atoms with Crippen LogP contribution < -0.4 is 14.8 Å². The maximum absolute atomic E-state index is 12.9. The lowest BCUT2D eigenvalue weighted by Crippen LogP contribution is -2.22. The molecule has 0 fully saturated rings. The van der Waals surface area contributed by atoms with Gasteiger partial charge in [-0.05, 0) is 42.0 Å². The Labute approximate surface area is 195 Å². The topological polar surface area (TPSA) is 43.6 Å². The highest BCUT2D eigenvalue weighted by Crippen LogP contribution is 2.35. The number of thiazole rings is 1. The largest absolute Gasteiger partial charge is 0.486 e. The third-order valence-electron chi connectivity index (χ3n) is 4.79. The van der Waals surface area contributed by atoms with E-state index in [0.717, 1.165) is 16.6 Å². The van der Waals surface area contributed by atoms with Crippen molar-refractivity contribution >= 4 is 68.2 Å². The van der Waals surface area contributed by atoms with Gasteiger partial charge in [-0.15, -0.1) is 0 Å². The van der Waals surface area contributed by atoms with E-state index in [1.165, 1.54) is 11.3 Å². The first-order chi connectivity index (χ1) is 15.0. The highest BCUT2D eigenvalue weighted by atomic mass is 35.5. The Kier molecular flexibility index (Phi) is 5.36. The van der Waals surface area contributed by atoms with Crippen molar-refractivity contribution in [3.63, 3.8) is 0 Å². The lowest BCUT2D eigenvalue weighted by molar-refractivity contribution is 0.306. The van der Waals surface area contributed by atoms with E-state index in [2.05, 4.69) is 4.98 Å². The minimum atomic E-state index is -0.125.